The Kier molecular flexibility index (Phi) is 4.61. The molecule has 0 atom stereocenters. The van der Waals surface area contributed by atoms with Crippen molar-refractivity contribution in [2.45, 2.75) is 13.3 Å². The molecule has 1 amide bonds. The number of ether oxygens (including phenoxy) is 1. The molecular formula is C14H14BrNO2S. The van der Waals surface area contributed by atoms with Crippen LogP contribution in [-0.2, 0) is 11.2 Å². The van der Waals surface area contributed by atoms with E-state index in [1.54, 1.807) is 18.4 Å². The minimum absolute atomic E-state index is 0.0433. The van der Waals surface area contributed by atoms with Crippen LogP contribution < -0.4 is 10.1 Å². The van der Waals surface area contributed by atoms with Gasteiger partial charge in [0.2, 0.25) is 5.91 Å². The number of anilines is 1. The van der Waals surface area contributed by atoms with Crippen LogP contribution in [-0.4, -0.2) is 13.0 Å². The normalized spacial score (nSPS) is 10.3. The number of hydrogen-bond acceptors (Lipinski definition) is 3. The van der Waals surface area contributed by atoms with Crippen LogP contribution in [0, 0.1) is 6.92 Å². The van der Waals surface area contributed by atoms with Gasteiger partial charge in [0.25, 0.3) is 0 Å². The van der Waals surface area contributed by atoms with E-state index in [0.29, 0.717) is 17.9 Å². The van der Waals surface area contributed by atoms with Gasteiger partial charge in [-0.15, -0.1) is 11.3 Å². The van der Waals surface area contributed by atoms with E-state index in [1.165, 1.54) is 0 Å². The zero-order chi connectivity index (χ0) is 13.8. The molecule has 19 heavy (non-hydrogen) atoms. The van der Waals surface area contributed by atoms with Crippen LogP contribution in [0.3, 0.4) is 0 Å². The minimum Gasteiger partial charge on any atom is -0.495 e. The Morgan fingerprint density at radius 2 is 2.16 bits per heavy atom. The second-order valence-electron chi connectivity index (χ2n) is 4.13. The lowest BCUT2D eigenvalue weighted by Crippen LogP contribution is -2.14. The highest BCUT2D eigenvalue weighted by Gasteiger charge is 2.09. The first-order valence-corrected chi connectivity index (χ1v) is 7.38. The summed E-state index contributed by atoms with van der Waals surface area (Å²) in [5, 5.41) is 2.89. The van der Waals surface area contributed by atoms with Gasteiger partial charge in [-0.1, -0.05) is 6.07 Å². The molecule has 1 N–H and O–H groups in total. The summed E-state index contributed by atoms with van der Waals surface area (Å²) in [6.07, 6.45) is 0.368. The van der Waals surface area contributed by atoms with Crippen molar-refractivity contribution in [2.24, 2.45) is 0 Å². The number of nitrogens with one attached hydrogen (secondary N) is 1. The highest BCUT2D eigenvalue weighted by atomic mass is 79.9. The molecule has 100 valence electrons. The van der Waals surface area contributed by atoms with Crippen molar-refractivity contribution in [2.75, 3.05) is 12.4 Å². The summed E-state index contributed by atoms with van der Waals surface area (Å²) in [5.74, 6) is 0.629. The fraction of sp³-hybridized carbons (Fsp3) is 0.214. The van der Waals surface area contributed by atoms with Gasteiger partial charge < -0.3 is 10.1 Å². The maximum absolute atomic E-state index is 12.0. The van der Waals surface area contributed by atoms with Crippen LogP contribution >= 0.6 is 27.3 Å². The third-order valence-electron chi connectivity index (χ3n) is 2.59. The highest BCUT2D eigenvalue weighted by molar-refractivity contribution is 9.11. The van der Waals surface area contributed by atoms with Gasteiger partial charge in [0.15, 0.2) is 0 Å². The number of carbonyl (C=O) groups is 1. The summed E-state index contributed by atoms with van der Waals surface area (Å²) >= 11 is 4.95. The Morgan fingerprint density at radius 3 is 2.79 bits per heavy atom. The van der Waals surface area contributed by atoms with E-state index in [0.717, 1.165) is 14.2 Å². The van der Waals surface area contributed by atoms with Gasteiger partial charge in [0, 0.05) is 4.88 Å². The summed E-state index contributed by atoms with van der Waals surface area (Å²) in [6.45, 7) is 1.98. The Balaban J connectivity index is 2.08. The first-order chi connectivity index (χ1) is 9.08. The van der Waals surface area contributed by atoms with Crippen molar-refractivity contribution in [3.63, 3.8) is 0 Å². The fourth-order valence-corrected chi connectivity index (χ4v) is 3.20. The molecule has 0 saturated carbocycles. The Labute approximate surface area is 124 Å². The third-order valence-corrected chi connectivity index (χ3v) is 4.22. The number of thiophene rings is 1. The number of methoxy groups -OCH3 is 1. The first kappa shape index (κ1) is 14.1. The summed E-state index contributed by atoms with van der Waals surface area (Å²) < 4.78 is 6.27. The molecule has 1 aromatic carbocycles. The molecule has 0 aliphatic heterocycles. The van der Waals surface area contributed by atoms with Gasteiger partial charge in [-0.25, -0.2) is 0 Å². The lowest BCUT2D eigenvalue weighted by Gasteiger charge is -2.10. The number of aryl methyl sites for hydroxylation is 1. The summed E-state index contributed by atoms with van der Waals surface area (Å²) in [6, 6.07) is 9.60. The van der Waals surface area contributed by atoms with E-state index in [1.807, 2.05) is 37.3 Å². The van der Waals surface area contributed by atoms with Crippen molar-refractivity contribution >= 4 is 38.9 Å². The number of amides is 1. The predicted octanol–water partition coefficient (Wildman–Crippen LogP) is 4.01. The summed E-state index contributed by atoms with van der Waals surface area (Å²) in [7, 11) is 1.59. The third kappa shape index (κ3) is 3.81. The number of rotatable bonds is 4. The lowest BCUT2D eigenvalue weighted by atomic mass is 10.2. The van der Waals surface area contributed by atoms with Gasteiger partial charge in [-0.05, 0) is 52.7 Å². The van der Waals surface area contributed by atoms with Crippen LogP contribution in [0.4, 0.5) is 5.69 Å². The average Bonchev–Trinajstić information content (AvgIpc) is 2.75. The molecule has 0 aliphatic carbocycles. The molecule has 0 unspecified atom stereocenters. The number of hydrogen-bond donors (Lipinski definition) is 1. The maximum atomic E-state index is 12.0. The molecule has 3 nitrogen and oxygen atoms in total. The summed E-state index contributed by atoms with van der Waals surface area (Å²) in [4.78, 5) is 13.0. The largest absolute Gasteiger partial charge is 0.495 e. The standard InChI is InChI=1S/C14H14BrNO2S/c1-9-3-5-12(18-2)11(7-9)16-14(17)8-10-4-6-13(15)19-10/h3-7H,8H2,1-2H3,(H,16,17). The van der Waals surface area contributed by atoms with Crippen molar-refractivity contribution < 1.29 is 9.53 Å². The molecule has 2 rings (SSSR count). The molecule has 0 saturated heterocycles. The van der Waals surface area contributed by atoms with E-state index in [9.17, 15) is 4.79 Å². The molecule has 1 aromatic heterocycles. The van der Waals surface area contributed by atoms with E-state index < -0.39 is 0 Å². The minimum atomic E-state index is -0.0433. The summed E-state index contributed by atoms with van der Waals surface area (Å²) in [5.41, 5.74) is 1.79. The van der Waals surface area contributed by atoms with Crippen LogP contribution in [0.2, 0.25) is 0 Å². The molecule has 2 aromatic rings. The molecule has 0 bridgehead atoms. The Morgan fingerprint density at radius 1 is 1.37 bits per heavy atom. The predicted molar refractivity (Wildman–Crippen MR) is 82.1 cm³/mol. The number of carbonyl (C=O) groups excluding carboxylic acids is 1. The number of benzene rings is 1. The first-order valence-electron chi connectivity index (χ1n) is 5.77. The van der Waals surface area contributed by atoms with Crippen LogP contribution in [0.15, 0.2) is 34.1 Å². The zero-order valence-electron chi connectivity index (χ0n) is 10.7. The average molecular weight is 340 g/mol. The van der Waals surface area contributed by atoms with Gasteiger partial charge in [0.05, 0.1) is 23.0 Å². The molecule has 0 radical (unpaired) electrons. The van der Waals surface area contributed by atoms with E-state index in [2.05, 4.69) is 21.2 Å². The smallest absolute Gasteiger partial charge is 0.229 e. The van der Waals surface area contributed by atoms with Crippen LogP contribution in [0.5, 0.6) is 5.75 Å². The van der Waals surface area contributed by atoms with E-state index in [4.69, 9.17) is 4.74 Å². The van der Waals surface area contributed by atoms with Crippen molar-refractivity contribution in [1.82, 2.24) is 0 Å². The van der Waals surface area contributed by atoms with Gasteiger partial charge in [0.1, 0.15) is 5.75 Å². The molecular weight excluding hydrogens is 326 g/mol. The lowest BCUT2D eigenvalue weighted by molar-refractivity contribution is -0.115. The van der Waals surface area contributed by atoms with E-state index >= 15 is 0 Å². The van der Waals surface area contributed by atoms with Crippen molar-refractivity contribution in [1.29, 1.82) is 0 Å². The second kappa shape index (κ2) is 6.21. The van der Waals surface area contributed by atoms with E-state index in [-0.39, 0.29) is 5.91 Å². The fourth-order valence-electron chi connectivity index (χ4n) is 1.72. The monoisotopic (exact) mass is 339 g/mol. The zero-order valence-corrected chi connectivity index (χ0v) is 13.1. The number of halogens is 1. The van der Waals surface area contributed by atoms with Crippen molar-refractivity contribution in [3.05, 3.63) is 44.6 Å². The molecule has 0 fully saturated rings. The molecule has 0 spiro atoms. The highest BCUT2D eigenvalue weighted by Crippen LogP contribution is 2.26. The molecule has 0 aliphatic rings. The topological polar surface area (TPSA) is 38.3 Å². The van der Waals surface area contributed by atoms with Crippen molar-refractivity contribution in [3.8, 4) is 5.75 Å². The van der Waals surface area contributed by atoms with Gasteiger partial charge in [-0.2, -0.15) is 0 Å². The van der Waals surface area contributed by atoms with Gasteiger partial charge >= 0.3 is 0 Å². The Hall–Kier alpha value is -1.33. The van der Waals surface area contributed by atoms with Crippen LogP contribution in [0.1, 0.15) is 10.4 Å². The quantitative estimate of drug-likeness (QED) is 0.913. The molecule has 5 heteroatoms. The Bertz CT molecular complexity index is 595. The molecule has 1 heterocycles. The van der Waals surface area contributed by atoms with Gasteiger partial charge in [-0.3, -0.25) is 4.79 Å². The SMILES string of the molecule is COc1ccc(C)cc1NC(=O)Cc1ccc(Br)s1. The maximum Gasteiger partial charge on any atom is 0.229 e. The van der Waals surface area contributed by atoms with Crippen LogP contribution in [0.25, 0.3) is 0 Å². The second-order valence-corrected chi connectivity index (χ2v) is 6.68.